The molecule has 1 amide bonds. The van der Waals surface area contributed by atoms with E-state index in [2.05, 4.69) is 10.3 Å². The average Bonchev–Trinajstić information content (AvgIpc) is 2.98. The van der Waals surface area contributed by atoms with Crippen molar-refractivity contribution in [3.8, 4) is 5.69 Å². The van der Waals surface area contributed by atoms with Crippen molar-refractivity contribution in [1.29, 1.82) is 0 Å². The number of halogens is 1. The SMILES string of the molecule is CC(C)(C)OC(=O)NCCc1nc2ccc(F)c(C(=O)O)c2n1-c1ccccc1. The molecule has 152 valence electrons. The number of hydrogen-bond donors (Lipinski definition) is 2. The summed E-state index contributed by atoms with van der Waals surface area (Å²) < 4.78 is 21.1. The number of alkyl carbamates (subject to hydrolysis) is 1. The van der Waals surface area contributed by atoms with Crippen molar-refractivity contribution in [2.75, 3.05) is 6.54 Å². The quantitative estimate of drug-likeness (QED) is 0.678. The number of aromatic carboxylic acids is 1. The van der Waals surface area contributed by atoms with Crippen LogP contribution in [0.15, 0.2) is 42.5 Å². The van der Waals surface area contributed by atoms with Gasteiger partial charge in [-0.05, 0) is 45.0 Å². The zero-order chi connectivity index (χ0) is 21.2. The highest BCUT2D eigenvalue weighted by Crippen LogP contribution is 2.27. The van der Waals surface area contributed by atoms with Crippen molar-refractivity contribution in [3.05, 3.63) is 59.7 Å². The van der Waals surface area contributed by atoms with Gasteiger partial charge >= 0.3 is 12.1 Å². The number of ether oxygens (including phenoxy) is 1. The van der Waals surface area contributed by atoms with E-state index in [0.717, 1.165) is 6.07 Å². The number of para-hydroxylation sites is 1. The minimum absolute atomic E-state index is 0.177. The average molecular weight is 399 g/mol. The number of aromatic nitrogens is 2. The third-order valence-electron chi connectivity index (χ3n) is 4.08. The number of carboxylic acid groups (broad SMARTS) is 1. The number of benzene rings is 2. The van der Waals surface area contributed by atoms with Crippen molar-refractivity contribution in [3.63, 3.8) is 0 Å². The highest BCUT2D eigenvalue weighted by molar-refractivity contribution is 6.02. The lowest BCUT2D eigenvalue weighted by Gasteiger charge is -2.19. The Balaban J connectivity index is 2.00. The second-order valence-corrected chi connectivity index (χ2v) is 7.47. The van der Waals surface area contributed by atoms with Gasteiger partial charge < -0.3 is 15.2 Å². The lowest BCUT2D eigenvalue weighted by Crippen LogP contribution is -2.33. The summed E-state index contributed by atoms with van der Waals surface area (Å²) in [6.07, 6.45) is -0.263. The van der Waals surface area contributed by atoms with Crippen LogP contribution in [0.4, 0.5) is 9.18 Å². The number of carboxylic acids is 1. The fraction of sp³-hybridized carbons (Fsp3) is 0.286. The Morgan fingerprint density at radius 2 is 1.86 bits per heavy atom. The predicted octanol–water partition coefficient (Wildman–Crippen LogP) is 3.93. The Morgan fingerprint density at radius 3 is 2.48 bits per heavy atom. The second-order valence-electron chi connectivity index (χ2n) is 7.47. The van der Waals surface area contributed by atoms with Crippen LogP contribution in [0.5, 0.6) is 0 Å². The van der Waals surface area contributed by atoms with Crippen molar-refractivity contribution in [1.82, 2.24) is 14.9 Å². The molecule has 1 heterocycles. The number of carbonyl (C=O) groups excluding carboxylic acids is 1. The first-order chi connectivity index (χ1) is 13.7. The molecule has 0 radical (unpaired) electrons. The van der Waals surface area contributed by atoms with E-state index in [-0.39, 0.29) is 12.1 Å². The Morgan fingerprint density at radius 1 is 1.17 bits per heavy atom. The summed E-state index contributed by atoms with van der Waals surface area (Å²) >= 11 is 0. The van der Waals surface area contributed by atoms with Crippen molar-refractivity contribution >= 4 is 23.1 Å². The minimum Gasteiger partial charge on any atom is -0.478 e. The monoisotopic (exact) mass is 399 g/mol. The van der Waals surface area contributed by atoms with Crippen LogP contribution in [0.2, 0.25) is 0 Å². The molecule has 0 fully saturated rings. The molecule has 1 aromatic heterocycles. The summed E-state index contributed by atoms with van der Waals surface area (Å²) in [4.78, 5) is 28.1. The van der Waals surface area contributed by atoms with E-state index in [1.807, 2.05) is 6.07 Å². The van der Waals surface area contributed by atoms with Gasteiger partial charge in [-0.25, -0.2) is 19.0 Å². The molecular weight excluding hydrogens is 377 g/mol. The Kier molecular flexibility index (Phi) is 5.54. The molecule has 0 aliphatic carbocycles. The van der Waals surface area contributed by atoms with Crippen molar-refractivity contribution in [2.24, 2.45) is 0 Å². The molecule has 0 bridgehead atoms. The number of nitrogens with zero attached hydrogens (tertiary/aromatic N) is 2. The first kappa shape index (κ1) is 20.3. The molecular formula is C21H22FN3O4. The van der Waals surface area contributed by atoms with Crippen LogP contribution in [0, 0.1) is 5.82 Å². The maximum Gasteiger partial charge on any atom is 0.407 e. The van der Waals surface area contributed by atoms with Gasteiger partial charge in [0.05, 0.1) is 11.0 Å². The number of carbonyl (C=O) groups is 2. The summed E-state index contributed by atoms with van der Waals surface area (Å²) in [5.41, 5.74) is 0.131. The van der Waals surface area contributed by atoms with E-state index in [1.165, 1.54) is 6.07 Å². The third kappa shape index (κ3) is 4.53. The van der Waals surface area contributed by atoms with Crippen LogP contribution in [0.25, 0.3) is 16.7 Å². The summed E-state index contributed by atoms with van der Waals surface area (Å²) in [6, 6.07) is 11.5. The Labute approximate surface area is 167 Å². The van der Waals surface area contributed by atoms with E-state index < -0.39 is 29.0 Å². The number of rotatable bonds is 5. The van der Waals surface area contributed by atoms with Crippen molar-refractivity contribution < 1.29 is 23.8 Å². The largest absolute Gasteiger partial charge is 0.478 e. The first-order valence-electron chi connectivity index (χ1n) is 9.13. The fourth-order valence-electron chi connectivity index (χ4n) is 3.01. The van der Waals surface area contributed by atoms with Gasteiger partial charge in [0, 0.05) is 18.7 Å². The molecule has 2 aromatic carbocycles. The molecule has 0 saturated heterocycles. The van der Waals surface area contributed by atoms with Crippen LogP contribution in [-0.4, -0.2) is 38.9 Å². The lowest BCUT2D eigenvalue weighted by atomic mass is 10.1. The van der Waals surface area contributed by atoms with Crippen LogP contribution in [0.1, 0.15) is 37.0 Å². The zero-order valence-electron chi connectivity index (χ0n) is 16.4. The fourth-order valence-corrected chi connectivity index (χ4v) is 3.01. The maximum absolute atomic E-state index is 14.3. The molecule has 8 heteroatoms. The molecule has 0 aliphatic rings. The van der Waals surface area contributed by atoms with E-state index >= 15 is 0 Å². The highest BCUT2D eigenvalue weighted by atomic mass is 19.1. The van der Waals surface area contributed by atoms with Gasteiger partial charge in [0.25, 0.3) is 0 Å². The summed E-state index contributed by atoms with van der Waals surface area (Å²) in [5, 5.41) is 12.2. The molecule has 0 saturated carbocycles. The summed E-state index contributed by atoms with van der Waals surface area (Å²) in [6.45, 7) is 5.52. The molecule has 0 atom stereocenters. The van der Waals surface area contributed by atoms with Gasteiger partial charge in [0.2, 0.25) is 0 Å². The van der Waals surface area contributed by atoms with Crippen LogP contribution in [0.3, 0.4) is 0 Å². The van der Waals surface area contributed by atoms with E-state index in [9.17, 15) is 19.1 Å². The number of amides is 1. The summed E-state index contributed by atoms with van der Waals surface area (Å²) in [7, 11) is 0. The molecule has 3 rings (SSSR count). The van der Waals surface area contributed by atoms with Crippen molar-refractivity contribution in [2.45, 2.75) is 32.8 Å². The van der Waals surface area contributed by atoms with E-state index in [0.29, 0.717) is 23.4 Å². The molecule has 3 aromatic rings. The molecule has 7 nitrogen and oxygen atoms in total. The summed E-state index contributed by atoms with van der Waals surface area (Å²) in [5.74, 6) is -1.71. The highest BCUT2D eigenvalue weighted by Gasteiger charge is 2.23. The molecule has 0 unspecified atom stereocenters. The van der Waals surface area contributed by atoms with Gasteiger partial charge in [-0.3, -0.25) is 4.57 Å². The van der Waals surface area contributed by atoms with Gasteiger partial charge in [0.1, 0.15) is 22.8 Å². The van der Waals surface area contributed by atoms with Gasteiger partial charge in [0.15, 0.2) is 0 Å². The molecule has 0 aliphatic heterocycles. The van der Waals surface area contributed by atoms with Crippen LogP contribution < -0.4 is 5.32 Å². The number of imidazole rings is 1. The van der Waals surface area contributed by atoms with Gasteiger partial charge in [-0.2, -0.15) is 0 Å². The number of fused-ring (bicyclic) bond motifs is 1. The third-order valence-corrected chi connectivity index (χ3v) is 4.08. The lowest BCUT2D eigenvalue weighted by molar-refractivity contribution is 0.0527. The topological polar surface area (TPSA) is 93.4 Å². The standard InChI is InChI=1S/C21H22FN3O4/c1-21(2,3)29-20(28)23-12-11-16-24-15-10-9-14(22)17(19(26)27)18(15)25(16)13-7-5-4-6-8-13/h4-10H,11-12H2,1-3H3,(H,23,28)(H,26,27). The Bertz CT molecular complexity index is 1060. The zero-order valence-corrected chi connectivity index (χ0v) is 16.4. The minimum atomic E-state index is -1.37. The number of hydrogen-bond acceptors (Lipinski definition) is 4. The molecule has 29 heavy (non-hydrogen) atoms. The molecule has 2 N–H and O–H groups in total. The smallest absolute Gasteiger partial charge is 0.407 e. The van der Waals surface area contributed by atoms with Gasteiger partial charge in [-0.15, -0.1) is 0 Å². The normalized spacial score (nSPS) is 11.4. The Hall–Kier alpha value is -3.42. The van der Waals surface area contributed by atoms with E-state index in [4.69, 9.17) is 4.74 Å². The van der Waals surface area contributed by atoms with E-state index in [1.54, 1.807) is 49.6 Å². The maximum atomic E-state index is 14.3. The number of nitrogens with one attached hydrogen (secondary N) is 1. The first-order valence-corrected chi connectivity index (χ1v) is 9.13. The second kappa shape index (κ2) is 7.90. The van der Waals surface area contributed by atoms with Crippen LogP contribution in [-0.2, 0) is 11.2 Å². The predicted molar refractivity (Wildman–Crippen MR) is 106 cm³/mol. The van der Waals surface area contributed by atoms with Gasteiger partial charge in [-0.1, -0.05) is 18.2 Å². The van der Waals surface area contributed by atoms with Crippen LogP contribution >= 0.6 is 0 Å². The molecule has 0 spiro atoms.